The van der Waals surface area contributed by atoms with Gasteiger partial charge in [-0.05, 0) is 97.2 Å². The fraction of sp³-hybridized carbons (Fsp3) is 0.966. The van der Waals surface area contributed by atoms with Crippen LogP contribution in [-0.2, 0) is 9.53 Å². The van der Waals surface area contributed by atoms with Gasteiger partial charge in [-0.15, -0.1) is 0 Å². The summed E-state index contributed by atoms with van der Waals surface area (Å²) in [6.45, 7) is 13.7. The molecule has 4 fully saturated rings. The Morgan fingerprint density at radius 2 is 1.79 bits per heavy atom. The molecule has 4 saturated carbocycles. The Kier molecular flexibility index (Phi) is 7.30. The fourth-order valence-electron chi connectivity index (χ4n) is 9.74. The summed E-state index contributed by atoms with van der Waals surface area (Å²) in [6.07, 6.45) is 11.5. The highest BCUT2D eigenvalue weighted by Gasteiger charge is 2.64. The first kappa shape index (κ1) is 25.5. The predicted molar refractivity (Wildman–Crippen MR) is 133 cm³/mol. The van der Waals surface area contributed by atoms with Crippen LogP contribution in [0.2, 0.25) is 0 Å². The van der Waals surface area contributed by atoms with Gasteiger partial charge >= 0.3 is 5.97 Å². The van der Waals surface area contributed by atoms with Crippen LogP contribution in [0.5, 0.6) is 0 Å². The molecule has 4 heteroatoms. The molecule has 4 nitrogen and oxygen atoms in total. The highest BCUT2D eigenvalue weighted by atomic mass is 16.6. The second-order valence-corrected chi connectivity index (χ2v) is 13.4. The van der Waals surface area contributed by atoms with Crippen molar-refractivity contribution in [3.63, 3.8) is 0 Å². The molecule has 3 N–H and O–H groups in total. The van der Waals surface area contributed by atoms with Crippen LogP contribution in [0.15, 0.2) is 0 Å². The molecular weight excluding hydrogens is 410 g/mol. The van der Waals surface area contributed by atoms with Crippen molar-refractivity contribution in [1.29, 1.82) is 0 Å². The summed E-state index contributed by atoms with van der Waals surface area (Å²) in [4.78, 5) is 11.6. The standard InChI is InChI=1S/C29H51NO3/c1-17(2)8-7-9-18(3)22-12-13-23-21-11-10-20-16-25(33-19(4)31)26(32)27(30)29(20,6)24(21)14-15-28(22,23)5/h17-18,20-27,32H,7-16,30H2,1-6H3/t18-,20?,21?,22-,23?,24?,25-,26-,27+,28-,29+/m1/s1. The van der Waals surface area contributed by atoms with E-state index in [1.54, 1.807) is 0 Å². The van der Waals surface area contributed by atoms with Gasteiger partial charge in [0.1, 0.15) is 12.2 Å². The Bertz CT molecular complexity index is 705. The minimum atomic E-state index is -0.750. The van der Waals surface area contributed by atoms with Crippen LogP contribution >= 0.6 is 0 Å². The van der Waals surface area contributed by atoms with Gasteiger partial charge < -0.3 is 15.6 Å². The average Bonchev–Trinajstić information content (AvgIpc) is 3.09. The second-order valence-electron chi connectivity index (χ2n) is 13.4. The fourth-order valence-corrected chi connectivity index (χ4v) is 9.74. The molecule has 0 spiro atoms. The van der Waals surface area contributed by atoms with E-state index in [2.05, 4.69) is 34.6 Å². The van der Waals surface area contributed by atoms with E-state index in [1.165, 1.54) is 58.3 Å². The molecule has 0 aliphatic heterocycles. The van der Waals surface area contributed by atoms with Gasteiger partial charge in [0, 0.05) is 13.0 Å². The number of carbonyl (C=O) groups is 1. The van der Waals surface area contributed by atoms with Crippen molar-refractivity contribution in [2.75, 3.05) is 0 Å². The zero-order chi connectivity index (χ0) is 24.1. The lowest BCUT2D eigenvalue weighted by atomic mass is 9.43. The molecule has 4 rings (SSSR count). The summed E-state index contributed by atoms with van der Waals surface area (Å²) in [6, 6.07) is -0.315. The Balaban J connectivity index is 1.50. The van der Waals surface area contributed by atoms with E-state index in [9.17, 15) is 9.90 Å². The molecule has 4 unspecified atom stereocenters. The van der Waals surface area contributed by atoms with Crippen molar-refractivity contribution in [2.24, 2.45) is 58.0 Å². The van der Waals surface area contributed by atoms with Gasteiger partial charge in [0.05, 0.1) is 0 Å². The van der Waals surface area contributed by atoms with Gasteiger partial charge in [-0.3, -0.25) is 4.79 Å². The molecule has 0 saturated heterocycles. The summed E-state index contributed by atoms with van der Waals surface area (Å²) >= 11 is 0. The summed E-state index contributed by atoms with van der Waals surface area (Å²) < 4.78 is 5.51. The Morgan fingerprint density at radius 1 is 1.06 bits per heavy atom. The first-order valence-electron chi connectivity index (χ1n) is 14.1. The number of esters is 1. The number of nitrogens with two attached hydrogens (primary N) is 1. The molecule has 0 aromatic heterocycles. The van der Waals surface area contributed by atoms with Gasteiger partial charge in [-0.2, -0.15) is 0 Å². The van der Waals surface area contributed by atoms with E-state index >= 15 is 0 Å². The minimum absolute atomic E-state index is 0.0543. The molecule has 11 atom stereocenters. The molecule has 190 valence electrons. The third-order valence-electron chi connectivity index (χ3n) is 11.5. The first-order valence-corrected chi connectivity index (χ1v) is 14.1. The van der Waals surface area contributed by atoms with E-state index in [0.717, 1.165) is 42.4 Å². The lowest BCUT2D eigenvalue weighted by Gasteiger charge is -2.63. The average molecular weight is 462 g/mol. The van der Waals surface area contributed by atoms with E-state index in [0.29, 0.717) is 17.3 Å². The third-order valence-corrected chi connectivity index (χ3v) is 11.5. The summed E-state index contributed by atoms with van der Waals surface area (Å²) in [5.41, 5.74) is 7.24. The number of fused-ring (bicyclic) bond motifs is 5. The Labute approximate surface area is 202 Å². The third kappa shape index (κ3) is 4.30. The number of carbonyl (C=O) groups excluding carboxylic acids is 1. The van der Waals surface area contributed by atoms with Crippen LogP contribution in [0.25, 0.3) is 0 Å². The molecule has 0 aromatic rings. The molecule has 0 amide bonds. The maximum absolute atomic E-state index is 11.6. The molecule has 0 bridgehead atoms. The minimum Gasteiger partial charge on any atom is -0.460 e. The Morgan fingerprint density at radius 3 is 2.45 bits per heavy atom. The molecular formula is C29H51NO3. The summed E-state index contributed by atoms with van der Waals surface area (Å²) in [5.74, 6) is 4.77. The van der Waals surface area contributed by atoms with Crippen LogP contribution < -0.4 is 5.73 Å². The van der Waals surface area contributed by atoms with Gasteiger partial charge in [0.2, 0.25) is 0 Å². The topological polar surface area (TPSA) is 72.5 Å². The van der Waals surface area contributed by atoms with Crippen molar-refractivity contribution in [3.05, 3.63) is 0 Å². The molecule has 0 heterocycles. The van der Waals surface area contributed by atoms with Crippen molar-refractivity contribution in [2.45, 2.75) is 124 Å². The van der Waals surface area contributed by atoms with Crippen LogP contribution in [0.3, 0.4) is 0 Å². The Hall–Kier alpha value is -0.610. The van der Waals surface area contributed by atoms with Crippen LogP contribution in [0, 0.1) is 52.3 Å². The van der Waals surface area contributed by atoms with Gasteiger partial charge in [0.15, 0.2) is 0 Å². The van der Waals surface area contributed by atoms with Crippen LogP contribution in [-0.4, -0.2) is 29.3 Å². The summed E-state index contributed by atoms with van der Waals surface area (Å²) in [5, 5.41) is 11.1. The number of ether oxygens (including phenoxy) is 1. The second kappa shape index (κ2) is 9.45. The monoisotopic (exact) mass is 461 g/mol. The maximum atomic E-state index is 11.6. The van der Waals surface area contributed by atoms with Gasteiger partial charge in [-0.1, -0.05) is 53.9 Å². The van der Waals surface area contributed by atoms with E-state index < -0.39 is 12.2 Å². The molecule has 0 aromatic carbocycles. The number of hydrogen-bond acceptors (Lipinski definition) is 4. The zero-order valence-corrected chi connectivity index (χ0v) is 22.2. The maximum Gasteiger partial charge on any atom is 0.302 e. The van der Waals surface area contributed by atoms with Gasteiger partial charge in [-0.25, -0.2) is 0 Å². The smallest absolute Gasteiger partial charge is 0.302 e. The van der Waals surface area contributed by atoms with E-state index in [1.807, 2.05) is 0 Å². The number of aliphatic hydroxyl groups excluding tert-OH is 1. The normalized spacial score (nSPS) is 48.0. The predicted octanol–water partition coefficient (Wildman–Crippen LogP) is 5.95. The number of hydrogen-bond donors (Lipinski definition) is 2. The zero-order valence-electron chi connectivity index (χ0n) is 22.2. The lowest BCUT2D eigenvalue weighted by Crippen LogP contribution is -2.67. The van der Waals surface area contributed by atoms with Crippen LogP contribution in [0.1, 0.15) is 106 Å². The highest BCUT2D eigenvalue weighted by Crippen LogP contribution is 2.68. The quantitative estimate of drug-likeness (QED) is 0.480. The lowest BCUT2D eigenvalue weighted by molar-refractivity contribution is -0.189. The first-order chi connectivity index (χ1) is 15.5. The van der Waals surface area contributed by atoms with E-state index in [4.69, 9.17) is 10.5 Å². The van der Waals surface area contributed by atoms with Crippen molar-refractivity contribution in [3.8, 4) is 0 Å². The van der Waals surface area contributed by atoms with Crippen LogP contribution in [0.4, 0.5) is 0 Å². The summed E-state index contributed by atoms with van der Waals surface area (Å²) in [7, 11) is 0. The van der Waals surface area contributed by atoms with Crippen molar-refractivity contribution < 1.29 is 14.6 Å². The highest BCUT2D eigenvalue weighted by molar-refractivity contribution is 5.66. The van der Waals surface area contributed by atoms with Crippen molar-refractivity contribution in [1.82, 2.24) is 0 Å². The molecule has 4 aliphatic carbocycles. The largest absolute Gasteiger partial charge is 0.460 e. The number of rotatable bonds is 6. The molecule has 4 aliphatic rings. The van der Waals surface area contributed by atoms with E-state index in [-0.39, 0.29) is 17.4 Å². The van der Waals surface area contributed by atoms with Gasteiger partial charge in [0.25, 0.3) is 0 Å². The van der Waals surface area contributed by atoms with Crippen molar-refractivity contribution >= 4 is 5.97 Å². The molecule has 0 radical (unpaired) electrons. The SMILES string of the molecule is CC(=O)O[C@@H]1CC2CCC3C(CC[C@@]4(C)C3CC[C@@H]4[C@H](C)CCCC(C)C)[C@@]2(C)[C@@H](N)[C@@H]1O. The number of aliphatic hydroxyl groups is 1. The molecule has 33 heavy (non-hydrogen) atoms.